The molecule has 1 aromatic rings. The second-order valence-corrected chi connectivity index (χ2v) is 6.18. The fourth-order valence-electron chi connectivity index (χ4n) is 2.06. The van der Waals surface area contributed by atoms with E-state index in [1.54, 1.807) is 30.3 Å². The molecule has 0 aromatic heterocycles. The minimum absolute atomic E-state index is 0.472. The Morgan fingerprint density at radius 3 is 2.55 bits per heavy atom. The molecule has 0 amide bonds. The first-order valence-electron chi connectivity index (χ1n) is 6.07. The molecule has 22 heavy (non-hydrogen) atoms. The normalized spacial score (nSPS) is 18.8. The van der Waals surface area contributed by atoms with E-state index in [1.165, 1.54) is 6.08 Å². The summed E-state index contributed by atoms with van der Waals surface area (Å²) in [5.74, 6) is -4.00. The number of carbonyl (C=O) groups excluding carboxylic acids is 1. The van der Waals surface area contributed by atoms with E-state index in [0.29, 0.717) is 11.1 Å². The van der Waals surface area contributed by atoms with Crippen molar-refractivity contribution in [2.24, 2.45) is 0 Å². The fraction of sp³-hybridized carbons (Fsp3) is 0.308. The smallest absolute Gasteiger partial charge is 0.426 e. The average molecular weight is 336 g/mol. The molecule has 1 aliphatic rings. The predicted molar refractivity (Wildman–Crippen MR) is 70.6 cm³/mol. The highest BCUT2D eigenvalue weighted by Gasteiger charge is 2.46. The van der Waals surface area contributed by atoms with Gasteiger partial charge in [0.15, 0.2) is 0 Å². The molecule has 120 valence electrons. The van der Waals surface area contributed by atoms with Gasteiger partial charge in [-0.05, 0) is 11.1 Å². The van der Waals surface area contributed by atoms with Crippen LogP contribution >= 0.6 is 0 Å². The molecule has 2 atom stereocenters. The van der Waals surface area contributed by atoms with E-state index in [2.05, 4.69) is 4.74 Å². The molecule has 9 heteroatoms. The highest BCUT2D eigenvalue weighted by atomic mass is 32.2. The lowest BCUT2D eigenvalue weighted by atomic mass is 10.0. The Morgan fingerprint density at radius 1 is 1.32 bits per heavy atom. The molecule has 0 saturated carbocycles. The van der Waals surface area contributed by atoms with Crippen LogP contribution in [0.25, 0.3) is 6.08 Å². The number of hydrogen-bond donors (Lipinski definition) is 1. The number of hydrogen-bond acceptors (Lipinski definition) is 4. The van der Waals surface area contributed by atoms with Gasteiger partial charge >= 0.3 is 12.1 Å². The highest BCUT2D eigenvalue weighted by molar-refractivity contribution is 7.85. The number of alkyl halides is 3. The zero-order valence-electron chi connectivity index (χ0n) is 10.9. The first kappa shape index (κ1) is 16.5. The molecule has 0 radical (unpaired) electrons. The van der Waals surface area contributed by atoms with Gasteiger partial charge in [-0.1, -0.05) is 36.4 Å². The molecule has 0 fully saturated rings. The summed E-state index contributed by atoms with van der Waals surface area (Å²) in [5.41, 5.74) is 1.14. The van der Waals surface area contributed by atoms with E-state index in [-0.39, 0.29) is 0 Å². The summed E-state index contributed by atoms with van der Waals surface area (Å²) in [5, 5.41) is 0. The van der Waals surface area contributed by atoms with Crippen LogP contribution in [0.2, 0.25) is 0 Å². The Bertz CT molecular complexity index is 709. The number of rotatable bonds is 4. The van der Waals surface area contributed by atoms with Gasteiger partial charge < -0.3 is 4.74 Å². The molecule has 2 rings (SSSR count). The molecule has 5 nitrogen and oxygen atoms in total. The first-order chi connectivity index (χ1) is 10.1. The van der Waals surface area contributed by atoms with Gasteiger partial charge in [0.2, 0.25) is 6.10 Å². The second kappa shape index (κ2) is 5.73. The summed E-state index contributed by atoms with van der Waals surface area (Å²) in [6, 6.07) is 6.56. The quantitative estimate of drug-likeness (QED) is 0.673. The minimum atomic E-state index is -5.10. The third-order valence-corrected chi connectivity index (χ3v) is 3.76. The van der Waals surface area contributed by atoms with Gasteiger partial charge in [-0.3, -0.25) is 9.35 Å². The largest absolute Gasteiger partial charge is 0.451 e. The van der Waals surface area contributed by atoms with Gasteiger partial charge in [-0.15, -0.1) is 0 Å². The molecule has 0 heterocycles. The van der Waals surface area contributed by atoms with E-state index in [4.69, 9.17) is 4.55 Å². The van der Waals surface area contributed by atoms with E-state index in [0.717, 1.165) is 0 Å². The van der Waals surface area contributed by atoms with Crippen LogP contribution in [-0.4, -0.2) is 37.0 Å². The Morgan fingerprint density at radius 2 is 1.95 bits per heavy atom. The molecule has 0 aliphatic heterocycles. The SMILES string of the molecule is O=C(OC(CS(=O)(=O)O)C(F)(F)F)C1C=Cc2ccccc21. The van der Waals surface area contributed by atoms with Crippen molar-refractivity contribution in [3.63, 3.8) is 0 Å². The number of halogens is 3. The maximum Gasteiger partial charge on any atom is 0.426 e. The Hall–Kier alpha value is -1.87. The number of carbonyl (C=O) groups is 1. The van der Waals surface area contributed by atoms with Gasteiger partial charge in [-0.2, -0.15) is 21.6 Å². The van der Waals surface area contributed by atoms with Crippen LogP contribution in [-0.2, 0) is 19.6 Å². The third-order valence-electron chi connectivity index (χ3n) is 3.04. The molecular formula is C13H11F3O5S. The highest BCUT2D eigenvalue weighted by Crippen LogP contribution is 2.32. The Kier molecular flexibility index (Phi) is 4.30. The number of fused-ring (bicyclic) bond motifs is 1. The summed E-state index contributed by atoms with van der Waals surface area (Å²) in [6.07, 6.45) is -5.09. The molecule has 0 saturated heterocycles. The molecule has 1 N–H and O–H groups in total. The maximum absolute atomic E-state index is 12.7. The van der Waals surface area contributed by atoms with Gasteiger partial charge in [-0.25, -0.2) is 0 Å². The van der Waals surface area contributed by atoms with Crippen molar-refractivity contribution >= 4 is 22.2 Å². The number of benzene rings is 1. The van der Waals surface area contributed by atoms with E-state index < -0.39 is 40.0 Å². The standard InChI is InChI=1S/C13H11F3O5S/c14-13(15,16)11(7-22(18,19)20)21-12(17)10-6-5-8-3-1-2-4-9(8)10/h1-6,10-11H,7H2,(H,18,19,20). The lowest BCUT2D eigenvalue weighted by Gasteiger charge is -2.21. The van der Waals surface area contributed by atoms with Crippen LogP contribution in [0.4, 0.5) is 13.2 Å². The number of esters is 1. The van der Waals surface area contributed by atoms with E-state index >= 15 is 0 Å². The van der Waals surface area contributed by atoms with Crippen LogP contribution in [0.15, 0.2) is 30.3 Å². The van der Waals surface area contributed by atoms with Crippen LogP contribution in [0, 0.1) is 0 Å². The molecule has 1 aromatic carbocycles. The Labute approximate surface area is 124 Å². The van der Waals surface area contributed by atoms with Crippen molar-refractivity contribution in [3.05, 3.63) is 41.5 Å². The van der Waals surface area contributed by atoms with Crippen LogP contribution in [0.1, 0.15) is 17.0 Å². The summed E-state index contributed by atoms with van der Waals surface area (Å²) in [7, 11) is -4.95. The minimum Gasteiger partial charge on any atom is -0.451 e. The van der Waals surface area contributed by atoms with Gasteiger partial charge in [0, 0.05) is 0 Å². The Balaban J connectivity index is 2.18. The van der Waals surface area contributed by atoms with Gasteiger partial charge in [0.05, 0.1) is 0 Å². The van der Waals surface area contributed by atoms with Crippen molar-refractivity contribution in [3.8, 4) is 0 Å². The lowest BCUT2D eigenvalue weighted by Crippen LogP contribution is -2.40. The molecule has 1 aliphatic carbocycles. The van der Waals surface area contributed by atoms with Crippen molar-refractivity contribution in [1.82, 2.24) is 0 Å². The van der Waals surface area contributed by atoms with Crippen LogP contribution in [0.5, 0.6) is 0 Å². The van der Waals surface area contributed by atoms with Crippen LogP contribution < -0.4 is 0 Å². The van der Waals surface area contributed by atoms with E-state index in [1.807, 2.05) is 0 Å². The van der Waals surface area contributed by atoms with Crippen molar-refractivity contribution in [2.75, 3.05) is 5.75 Å². The summed E-state index contributed by atoms with van der Waals surface area (Å²) < 4.78 is 72.3. The summed E-state index contributed by atoms with van der Waals surface area (Å²) in [4.78, 5) is 11.9. The molecular weight excluding hydrogens is 325 g/mol. The van der Waals surface area contributed by atoms with Crippen molar-refractivity contribution in [2.45, 2.75) is 18.2 Å². The molecule has 0 bridgehead atoms. The molecule has 2 unspecified atom stereocenters. The predicted octanol–water partition coefficient (Wildman–Crippen LogP) is 2.16. The topological polar surface area (TPSA) is 80.7 Å². The lowest BCUT2D eigenvalue weighted by molar-refractivity contribution is -0.215. The second-order valence-electron chi connectivity index (χ2n) is 4.68. The van der Waals surface area contributed by atoms with Crippen LogP contribution in [0.3, 0.4) is 0 Å². The zero-order valence-corrected chi connectivity index (χ0v) is 11.8. The average Bonchev–Trinajstić information content (AvgIpc) is 2.79. The monoisotopic (exact) mass is 336 g/mol. The third kappa shape index (κ3) is 3.86. The van der Waals surface area contributed by atoms with Gasteiger partial charge in [0.1, 0.15) is 11.7 Å². The summed E-state index contributed by atoms with van der Waals surface area (Å²) >= 11 is 0. The van der Waals surface area contributed by atoms with E-state index in [9.17, 15) is 26.4 Å². The molecule has 0 spiro atoms. The van der Waals surface area contributed by atoms with Crippen molar-refractivity contribution < 1.29 is 35.7 Å². The maximum atomic E-state index is 12.7. The number of ether oxygens (including phenoxy) is 1. The van der Waals surface area contributed by atoms with Crippen molar-refractivity contribution in [1.29, 1.82) is 0 Å². The first-order valence-corrected chi connectivity index (χ1v) is 7.68. The zero-order chi connectivity index (χ0) is 16.5. The van der Waals surface area contributed by atoms with Gasteiger partial charge in [0.25, 0.3) is 10.1 Å². The summed E-state index contributed by atoms with van der Waals surface area (Å²) in [6.45, 7) is 0. The fourth-order valence-corrected chi connectivity index (χ4v) is 2.69.